The molecule has 1 aliphatic heterocycles. The van der Waals surface area contributed by atoms with Crippen molar-refractivity contribution in [3.05, 3.63) is 84.2 Å². The molecule has 0 spiro atoms. The maximum Gasteiger partial charge on any atom is 0.416 e. The van der Waals surface area contributed by atoms with Gasteiger partial charge in [-0.25, -0.2) is 9.78 Å². The van der Waals surface area contributed by atoms with Gasteiger partial charge in [-0.15, -0.1) is 0 Å². The number of carbonyl (C=O) groups excluding carboxylic acids is 1. The van der Waals surface area contributed by atoms with Gasteiger partial charge in [0.15, 0.2) is 0 Å². The lowest BCUT2D eigenvalue weighted by Crippen LogP contribution is -2.48. The minimum absolute atomic E-state index is 0.296. The van der Waals surface area contributed by atoms with Crippen LogP contribution in [0.15, 0.2) is 73.1 Å². The molecule has 38 heavy (non-hydrogen) atoms. The Morgan fingerprint density at radius 1 is 1.00 bits per heavy atom. The predicted molar refractivity (Wildman–Crippen MR) is 142 cm³/mol. The Balaban J connectivity index is 1.09. The number of piperazine rings is 1. The van der Waals surface area contributed by atoms with E-state index >= 15 is 0 Å². The molecule has 0 bridgehead atoms. The smallest absolute Gasteiger partial charge is 0.369 e. The van der Waals surface area contributed by atoms with Crippen molar-refractivity contribution in [3.8, 4) is 11.3 Å². The van der Waals surface area contributed by atoms with E-state index in [-0.39, 0.29) is 6.03 Å². The number of urea groups is 1. The van der Waals surface area contributed by atoms with Gasteiger partial charge in [0.1, 0.15) is 5.65 Å². The fraction of sp³-hybridized carbons (Fsp3) is 0.286. The van der Waals surface area contributed by atoms with Crippen LogP contribution in [0.3, 0.4) is 0 Å². The molecule has 0 aliphatic carbocycles. The number of hydrogen-bond acceptors (Lipinski definition) is 4. The maximum absolute atomic E-state index is 13.0. The summed E-state index contributed by atoms with van der Waals surface area (Å²) in [6.07, 6.45) is -0.424. The summed E-state index contributed by atoms with van der Waals surface area (Å²) in [5.41, 5.74) is 4.34. The summed E-state index contributed by atoms with van der Waals surface area (Å²) in [6, 6.07) is 16.7. The van der Waals surface area contributed by atoms with Crippen molar-refractivity contribution in [1.82, 2.24) is 19.6 Å². The van der Waals surface area contributed by atoms with Crippen molar-refractivity contribution in [2.75, 3.05) is 49.5 Å². The number of hydrogen-bond donors (Lipinski definition) is 2. The number of benzene rings is 2. The van der Waals surface area contributed by atoms with Gasteiger partial charge in [-0.1, -0.05) is 24.3 Å². The number of alkyl halides is 3. The molecule has 0 atom stereocenters. The molecule has 3 heterocycles. The van der Waals surface area contributed by atoms with Gasteiger partial charge in [0.2, 0.25) is 0 Å². The van der Waals surface area contributed by atoms with E-state index in [2.05, 4.69) is 15.5 Å². The topological polar surface area (TPSA) is 64.9 Å². The first kappa shape index (κ1) is 25.6. The fourth-order valence-electron chi connectivity index (χ4n) is 4.66. The van der Waals surface area contributed by atoms with Gasteiger partial charge in [0, 0.05) is 68.6 Å². The van der Waals surface area contributed by atoms with Crippen molar-refractivity contribution in [2.24, 2.45) is 0 Å². The van der Waals surface area contributed by atoms with Crippen molar-refractivity contribution in [3.63, 3.8) is 0 Å². The average molecular weight is 523 g/mol. The van der Waals surface area contributed by atoms with Gasteiger partial charge in [-0.05, 0) is 48.9 Å². The lowest BCUT2D eigenvalue weighted by atomic mass is 10.1. The quantitative estimate of drug-likeness (QED) is 0.362. The van der Waals surface area contributed by atoms with Gasteiger partial charge in [-0.3, -0.25) is 4.90 Å². The number of imidazole rings is 1. The van der Waals surface area contributed by atoms with Crippen LogP contribution in [-0.2, 0) is 6.18 Å². The zero-order valence-corrected chi connectivity index (χ0v) is 21.0. The zero-order valence-electron chi connectivity index (χ0n) is 21.0. The van der Waals surface area contributed by atoms with E-state index in [1.54, 1.807) is 6.07 Å². The van der Waals surface area contributed by atoms with E-state index < -0.39 is 11.7 Å². The maximum atomic E-state index is 13.0. The van der Waals surface area contributed by atoms with Crippen LogP contribution >= 0.6 is 0 Å². The molecule has 2 aromatic carbocycles. The molecule has 10 heteroatoms. The molecule has 2 N–H and O–H groups in total. The first-order valence-electron chi connectivity index (χ1n) is 12.5. The molecule has 198 valence electrons. The molecule has 0 unspecified atom stereocenters. The second-order valence-electron chi connectivity index (χ2n) is 9.39. The van der Waals surface area contributed by atoms with Gasteiger partial charge < -0.3 is 19.9 Å². The van der Waals surface area contributed by atoms with Gasteiger partial charge in [-0.2, -0.15) is 13.2 Å². The number of anilines is 2. The molecule has 1 saturated heterocycles. The number of nitrogens with one attached hydrogen (secondary N) is 2. The summed E-state index contributed by atoms with van der Waals surface area (Å²) in [5.74, 6) is 0. The predicted octanol–water partition coefficient (Wildman–Crippen LogP) is 5.27. The molecule has 0 radical (unpaired) electrons. The van der Waals surface area contributed by atoms with E-state index in [1.165, 1.54) is 12.1 Å². The third-order valence-corrected chi connectivity index (χ3v) is 6.72. The summed E-state index contributed by atoms with van der Waals surface area (Å²) >= 11 is 0. The molecular weight excluding hydrogens is 493 g/mol. The summed E-state index contributed by atoms with van der Waals surface area (Å²) in [4.78, 5) is 21.3. The van der Waals surface area contributed by atoms with Crippen LogP contribution in [0, 0.1) is 6.92 Å². The highest BCUT2D eigenvalue weighted by Crippen LogP contribution is 2.32. The minimum Gasteiger partial charge on any atom is -0.369 e. The Kier molecular flexibility index (Phi) is 7.24. The SMILES string of the molecule is Cc1cccn2cc(-c3cccc(NC(=O)NCCN4CCN(c5cccc(C(F)(F)F)c5)CC4)c3)nc12. The number of aromatic nitrogens is 2. The highest BCUT2D eigenvalue weighted by Gasteiger charge is 2.31. The Morgan fingerprint density at radius 2 is 1.79 bits per heavy atom. The molecule has 0 saturated carbocycles. The zero-order chi connectivity index (χ0) is 26.7. The molecule has 7 nitrogen and oxygen atoms in total. The molecule has 2 aromatic heterocycles. The standard InChI is InChI=1S/C28H29F3N6O/c1-20-5-4-11-37-19-25(34-26(20)37)21-6-2-8-23(17-21)33-27(38)32-10-12-35-13-15-36(16-14-35)24-9-3-7-22(18-24)28(29,30)31/h2-9,11,17-19H,10,12-16H2,1H3,(H2,32,33,38). The summed E-state index contributed by atoms with van der Waals surface area (Å²) in [7, 11) is 0. The number of aryl methyl sites for hydroxylation is 1. The minimum atomic E-state index is -4.35. The van der Waals surface area contributed by atoms with Gasteiger partial charge in [0.05, 0.1) is 11.3 Å². The number of fused-ring (bicyclic) bond motifs is 1. The number of halogens is 3. The Labute approximate surface area is 218 Å². The first-order chi connectivity index (χ1) is 18.3. The molecular formula is C28H29F3N6O. The first-order valence-corrected chi connectivity index (χ1v) is 12.5. The highest BCUT2D eigenvalue weighted by molar-refractivity contribution is 5.90. The molecule has 4 aromatic rings. The van der Waals surface area contributed by atoms with Crippen molar-refractivity contribution < 1.29 is 18.0 Å². The molecule has 2 amide bonds. The van der Waals surface area contributed by atoms with Crippen LogP contribution in [0.4, 0.5) is 29.3 Å². The summed E-state index contributed by atoms with van der Waals surface area (Å²) < 4.78 is 41.0. The number of pyridine rings is 1. The third-order valence-electron chi connectivity index (χ3n) is 6.72. The van der Waals surface area contributed by atoms with Gasteiger partial charge >= 0.3 is 12.2 Å². The lowest BCUT2D eigenvalue weighted by molar-refractivity contribution is -0.137. The number of rotatable bonds is 6. The lowest BCUT2D eigenvalue weighted by Gasteiger charge is -2.36. The van der Waals surface area contributed by atoms with E-state index in [1.807, 2.05) is 65.0 Å². The Bertz CT molecular complexity index is 1430. The summed E-state index contributed by atoms with van der Waals surface area (Å²) in [6.45, 7) is 5.81. The van der Waals surface area contributed by atoms with E-state index in [4.69, 9.17) is 4.98 Å². The monoisotopic (exact) mass is 522 g/mol. The highest BCUT2D eigenvalue weighted by atomic mass is 19.4. The summed E-state index contributed by atoms with van der Waals surface area (Å²) in [5, 5.41) is 5.76. The van der Waals surface area contributed by atoms with Gasteiger partial charge in [0.25, 0.3) is 0 Å². The Hall–Kier alpha value is -4.05. The number of carbonyl (C=O) groups is 1. The van der Waals surface area contributed by atoms with Crippen molar-refractivity contribution in [1.29, 1.82) is 0 Å². The normalized spacial score (nSPS) is 14.6. The molecule has 5 rings (SSSR count). The Morgan fingerprint density at radius 3 is 2.55 bits per heavy atom. The van der Waals surface area contributed by atoms with E-state index in [9.17, 15) is 18.0 Å². The molecule has 1 fully saturated rings. The number of amides is 2. The van der Waals surface area contributed by atoms with Crippen molar-refractivity contribution >= 4 is 23.1 Å². The molecule has 1 aliphatic rings. The fourth-order valence-corrected chi connectivity index (χ4v) is 4.66. The van der Waals surface area contributed by atoms with E-state index in [0.29, 0.717) is 50.6 Å². The largest absolute Gasteiger partial charge is 0.416 e. The van der Waals surface area contributed by atoms with Crippen LogP contribution in [0.5, 0.6) is 0 Å². The van der Waals surface area contributed by atoms with Crippen LogP contribution < -0.4 is 15.5 Å². The second-order valence-corrected chi connectivity index (χ2v) is 9.39. The van der Waals surface area contributed by atoms with E-state index in [0.717, 1.165) is 28.5 Å². The third kappa shape index (κ3) is 5.91. The van der Waals surface area contributed by atoms with Crippen LogP contribution in [0.2, 0.25) is 0 Å². The van der Waals surface area contributed by atoms with Crippen LogP contribution in [0.1, 0.15) is 11.1 Å². The van der Waals surface area contributed by atoms with Crippen LogP contribution in [0.25, 0.3) is 16.9 Å². The van der Waals surface area contributed by atoms with Crippen LogP contribution in [-0.4, -0.2) is 59.6 Å². The number of nitrogens with zero attached hydrogens (tertiary/aromatic N) is 4. The average Bonchev–Trinajstić information content (AvgIpc) is 3.35. The van der Waals surface area contributed by atoms with Crippen molar-refractivity contribution in [2.45, 2.75) is 13.1 Å². The second kappa shape index (κ2) is 10.7.